The summed E-state index contributed by atoms with van der Waals surface area (Å²) in [7, 11) is 0. The number of aliphatic hydroxyl groups is 1. The largest absolute Gasteiger partial charge is 0.393 e. The lowest BCUT2D eigenvalue weighted by Crippen LogP contribution is -2.48. The van der Waals surface area contributed by atoms with Gasteiger partial charge in [-0.25, -0.2) is 0 Å². The minimum atomic E-state index is -0.0200. The van der Waals surface area contributed by atoms with Crippen LogP contribution in [0.5, 0.6) is 0 Å². The van der Waals surface area contributed by atoms with E-state index in [0.717, 1.165) is 18.8 Å². The van der Waals surface area contributed by atoms with E-state index in [9.17, 15) is 0 Å². The molecule has 0 radical (unpaired) electrons. The standard InChI is InChI=1S/C11H21NO/c1-8(5-9-3-2-4-9)12-10-6-11(13)7-10/h8-13H,2-7H2,1H3. The monoisotopic (exact) mass is 183 g/mol. The fraction of sp³-hybridized carbons (Fsp3) is 1.00. The number of aliphatic hydroxyl groups excluding tert-OH is 1. The van der Waals surface area contributed by atoms with E-state index in [1.54, 1.807) is 0 Å². The number of nitrogens with one attached hydrogen (secondary N) is 1. The Morgan fingerprint density at radius 3 is 2.54 bits per heavy atom. The molecule has 2 heteroatoms. The smallest absolute Gasteiger partial charge is 0.0570 e. The summed E-state index contributed by atoms with van der Waals surface area (Å²) < 4.78 is 0. The van der Waals surface area contributed by atoms with Gasteiger partial charge in [-0.3, -0.25) is 0 Å². The van der Waals surface area contributed by atoms with Crippen molar-refractivity contribution in [1.29, 1.82) is 0 Å². The second-order valence-corrected chi connectivity index (χ2v) is 4.92. The molecule has 0 heterocycles. The molecular weight excluding hydrogens is 162 g/mol. The van der Waals surface area contributed by atoms with E-state index in [1.807, 2.05) is 0 Å². The van der Waals surface area contributed by atoms with Crippen molar-refractivity contribution in [2.45, 2.75) is 63.6 Å². The van der Waals surface area contributed by atoms with Gasteiger partial charge in [-0.15, -0.1) is 0 Å². The maximum Gasteiger partial charge on any atom is 0.0570 e. The first-order valence-corrected chi connectivity index (χ1v) is 5.68. The third kappa shape index (κ3) is 2.44. The van der Waals surface area contributed by atoms with Crippen LogP contribution < -0.4 is 5.32 Å². The normalized spacial score (nSPS) is 36.5. The van der Waals surface area contributed by atoms with Crippen LogP contribution in [0, 0.1) is 5.92 Å². The molecule has 2 nitrogen and oxygen atoms in total. The van der Waals surface area contributed by atoms with Gasteiger partial charge in [-0.05, 0) is 32.1 Å². The van der Waals surface area contributed by atoms with Gasteiger partial charge >= 0.3 is 0 Å². The third-order valence-corrected chi connectivity index (χ3v) is 3.55. The van der Waals surface area contributed by atoms with Crippen molar-refractivity contribution in [3.05, 3.63) is 0 Å². The average molecular weight is 183 g/mol. The van der Waals surface area contributed by atoms with Gasteiger partial charge in [0.25, 0.3) is 0 Å². The third-order valence-electron chi connectivity index (χ3n) is 3.55. The molecule has 0 bridgehead atoms. The fourth-order valence-corrected chi connectivity index (χ4v) is 2.42. The Hall–Kier alpha value is -0.0800. The van der Waals surface area contributed by atoms with Gasteiger partial charge in [0.05, 0.1) is 6.10 Å². The van der Waals surface area contributed by atoms with E-state index in [1.165, 1.54) is 25.7 Å². The van der Waals surface area contributed by atoms with Crippen LogP contribution in [0.4, 0.5) is 0 Å². The van der Waals surface area contributed by atoms with Crippen LogP contribution in [-0.2, 0) is 0 Å². The zero-order chi connectivity index (χ0) is 9.26. The van der Waals surface area contributed by atoms with E-state index in [-0.39, 0.29) is 6.10 Å². The Labute approximate surface area is 80.7 Å². The lowest BCUT2D eigenvalue weighted by molar-refractivity contribution is 0.0563. The molecule has 76 valence electrons. The summed E-state index contributed by atoms with van der Waals surface area (Å²) in [4.78, 5) is 0. The van der Waals surface area contributed by atoms with Crippen molar-refractivity contribution >= 4 is 0 Å². The van der Waals surface area contributed by atoms with Gasteiger partial charge in [0.1, 0.15) is 0 Å². The Morgan fingerprint density at radius 1 is 1.38 bits per heavy atom. The van der Waals surface area contributed by atoms with Crippen LogP contribution in [0.25, 0.3) is 0 Å². The van der Waals surface area contributed by atoms with Gasteiger partial charge in [0.2, 0.25) is 0 Å². The van der Waals surface area contributed by atoms with Crippen LogP contribution in [0.1, 0.15) is 45.4 Å². The van der Waals surface area contributed by atoms with E-state index < -0.39 is 0 Å². The van der Waals surface area contributed by atoms with E-state index in [2.05, 4.69) is 12.2 Å². The summed E-state index contributed by atoms with van der Waals surface area (Å²) in [5.41, 5.74) is 0. The summed E-state index contributed by atoms with van der Waals surface area (Å²) in [6.07, 6.45) is 7.59. The highest BCUT2D eigenvalue weighted by atomic mass is 16.3. The molecule has 1 unspecified atom stereocenters. The minimum Gasteiger partial charge on any atom is -0.393 e. The number of hydrogen-bond acceptors (Lipinski definition) is 2. The maximum absolute atomic E-state index is 9.13. The maximum atomic E-state index is 9.13. The molecule has 2 aliphatic carbocycles. The molecule has 2 fully saturated rings. The molecule has 0 spiro atoms. The molecule has 13 heavy (non-hydrogen) atoms. The predicted octanol–water partition coefficient (Wildman–Crippen LogP) is 1.68. The molecule has 0 aromatic carbocycles. The van der Waals surface area contributed by atoms with Gasteiger partial charge in [-0.2, -0.15) is 0 Å². The summed E-state index contributed by atoms with van der Waals surface area (Å²) in [5.74, 6) is 0.993. The summed E-state index contributed by atoms with van der Waals surface area (Å²) in [6.45, 7) is 2.28. The SMILES string of the molecule is CC(CC1CCC1)NC1CC(O)C1. The van der Waals surface area contributed by atoms with Gasteiger partial charge < -0.3 is 10.4 Å². The predicted molar refractivity (Wildman–Crippen MR) is 53.6 cm³/mol. The molecule has 1 atom stereocenters. The van der Waals surface area contributed by atoms with Crippen LogP contribution >= 0.6 is 0 Å². The number of hydrogen-bond donors (Lipinski definition) is 2. The van der Waals surface area contributed by atoms with Crippen LogP contribution in [0.3, 0.4) is 0 Å². The Kier molecular flexibility index (Phi) is 2.89. The molecule has 0 amide bonds. The van der Waals surface area contributed by atoms with Crippen molar-refractivity contribution in [1.82, 2.24) is 5.32 Å². The molecular formula is C11H21NO. The average Bonchev–Trinajstić information content (AvgIpc) is 1.94. The molecule has 0 aromatic rings. The lowest BCUT2D eigenvalue weighted by atomic mass is 9.80. The van der Waals surface area contributed by atoms with E-state index in [4.69, 9.17) is 5.11 Å². The zero-order valence-electron chi connectivity index (χ0n) is 8.50. The highest BCUT2D eigenvalue weighted by Crippen LogP contribution is 2.31. The second kappa shape index (κ2) is 3.97. The molecule has 2 rings (SSSR count). The van der Waals surface area contributed by atoms with Crippen molar-refractivity contribution in [2.24, 2.45) is 5.92 Å². The van der Waals surface area contributed by atoms with Crippen LogP contribution in [-0.4, -0.2) is 23.3 Å². The molecule has 2 saturated carbocycles. The van der Waals surface area contributed by atoms with Gasteiger partial charge in [-0.1, -0.05) is 19.3 Å². The summed E-state index contributed by atoms with van der Waals surface area (Å²) in [5, 5.41) is 12.7. The first kappa shape index (κ1) is 9.47. The van der Waals surface area contributed by atoms with E-state index in [0.29, 0.717) is 12.1 Å². The quantitative estimate of drug-likeness (QED) is 0.695. The van der Waals surface area contributed by atoms with Crippen molar-refractivity contribution < 1.29 is 5.11 Å². The Bertz CT molecular complexity index is 161. The molecule has 0 aliphatic heterocycles. The minimum absolute atomic E-state index is 0.0200. The zero-order valence-corrected chi connectivity index (χ0v) is 8.50. The van der Waals surface area contributed by atoms with E-state index >= 15 is 0 Å². The topological polar surface area (TPSA) is 32.3 Å². The van der Waals surface area contributed by atoms with Gasteiger partial charge in [0.15, 0.2) is 0 Å². The Balaban J connectivity index is 1.58. The second-order valence-electron chi connectivity index (χ2n) is 4.92. The highest BCUT2D eigenvalue weighted by molar-refractivity contribution is 4.87. The highest BCUT2D eigenvalue weighted by Gasteiger charge is 2.29. The lowest BCUT2D eigenvalue weighted by Gasteiger charge is -2.36. The summed E-state index contributed by atoms with van der Waals surface area (Å²) >= 11 is 0. The van der Waals surface area contributed by atoms with Crippen molar-refractivity contribution in [3.63, 3.8) is 0 Å². The molecule has 0 aromatic heterocycles. The first-order chi connectivity index (χ1) is 6.24. The first-order valence-electron chi connectivity index (χ1n) is 5.68. The molecule has 2 N–H and O–H groups in total. The molecule has 2 aliphatic rings. The molecule has 0 saturated heterocycles. The van der Waals surface area contributed by atoms with Crippen molar-refractivity contribution in [3.8, 4) is 0 Å². The van der Waals surface area contributed by atoms with Crippen molar-refractivity contribution in [2.75, 3.05) is 0 Å². The van der Waals surface area contributed by atoms with Crippen LogP contribution in [0.2, 0.25) is 0 Å². The van der Waals surface area contributed by atoms with Crippen LogP contribution in [0.15, 0.2) is 0 Å². The Morgan fingerprint density at radius 2 is 2.08 bits per heavy atom. The number of rotatable bonds is 4. The fourth-order valence-electron chi connectivity index (χ4n) is 2.42. The summed E-state index contributed by atoms with van der Waals surface area (Å²) in [6, 6.07) is 1.26. The van der Waals surface area contributed by atoms with Gasteiger partial charge in [0, 0.05) is 12.1 Å².